The number of hydrogen-bond donors (Lipinski definition) is 3. The van der Waals surface area contributed by atoms with Crippen molar-refractivity contribution in [3.63, 3.8) is 0 Å². The molecule has 6 nitrogen and oxygen atoms in total. The van der Waals surface area contributed by atoms with Crippen molar-refractivity contribution in [1.29, 1.82) is 0 Å². The van der Waals surface area contributed by atoms with Crippen LogP contribution >= 0.6 is 0 Å². The zero-order chi connectivity index (χ0) is 16.9. The number of rotatable bonds is 5. The summed E-state index contributed by atoms with van der Waals surface area (Å²) in [7, 11) is 0. The van der Waals surface area contributed by atoms with Crippen LogP contribution in [-0.4, -0.2) is 43.2 Å². The van der Waals surface area contributed by atoms with E-state index in [1.165, 1.54) is 11.1 Å². The molecule has 0 saturated carbocycles. The molecule has 2 aliphatic rings. The summed E-state index contributed by atoms with van der Waals surface area (Å²) in [6, 6.07) is 7.25. The summed E-state index contributed by atoms with van der Waals surface area (Å²) in [5.41, 5.74) is 2.41. The van der Waals surface area contributed by atoms with Crippen LogP contribution in [0.3, 0.4) is 0 Å². The summed E-state index contributed by atoms with van der Waals surface area (Å²) < 4.78 is 5.48. The van der Waals surface area contributed by atoms with E-state index in [1.807, 2.05) is 18.2 Å². The number of amides is 2. The first-order chi connectivity index (χ1) is 11.6. The van der Waals surface area contributed by atoms with Crippen LogP contribution in [0.4, 0.5) is 0 Å². The van der Waals surface area contributed by atoms with Crippen molar-refractivity contribution in [1.82, 2.24) is 16.0 Å². The van der Waals surface area contributed by atoms with Crippen LogP contribution < -0.4 is 16.0 Å². The van der Waals surface area contributed by atoms with Gasteiger partial charge in [-0.2, -0.15) is 0 Å². The van der Waals surface area contributed by atoms with Gasteiger partial charge in [0, 0.05) is 19.7 Å². The van der Waals surface area contributed by atoms with Gasteiger partial charge in [-0.1, -0.05) is 24.3 Å². The van der Waals surface area contributed by atoms with Crippen LogP contribution in [0.25, 0.3) is 0 Å². The Morgan fingerprint density at radius 3 is 2.88 bits per heavy atom. The van der Waals surface area contributed by atoms with E-state index in [1.54, 1.807) is 6.92 Å². The van der Waals surface area contributed by atoms with Crippen LogP contribution in [-0.2, 0) is 27.3 Å². The Kier molecular flexibility index (Phi) is 5.48. The minimum Gasteiger partial charge on any atom is -0.376 e. The molecule has 130 valence electrons. The Hall–Kier alpha value is -1.92. The normalized spacial score (nSPS) is 24.0. The maximum atomic E-state index is 12.4. The summed E-state index contributed by atoms with van der Waals surface area (Å²) in [6.07, 6.45) is 2.77. The molecule has 24 heavy (non-hydrogen) atoms. The van der Waals surface area contributed by atoms with Crippen LogP contribution in [0, 0.1) is 0 Å². The van der Waals surface area contributed by atoms with Gasteiger partial charge in [-0.05, 0) is 37.3 Å². The molecule has 1 fully saturated rings. The Labute approximate surface area is 142 Å². The number of carbonyl (C=O) groups is 2. The van der Waals surface area contributed by atoms with Gasteiger partial charge in [0.1, 0.15) is 6.04 Å². The van der Waals surface area contributed by atoms with Crippen molar-refractivity contribution in [3.05, 3.63) is 35.4 Å². The fourth-order valence-electron chi connectivity index (χ4n) is 3.19. The molecule has 1 aromatic carbocycles. The Morgan fingerprint density at radius 1 is 1.33 bits per heavy atom. The third kappa shape index (κ3) is 4.13. The summed E-state index contributed by atoms with van der Waals surface area (Å²) in [5, 5.41) is 8.88. The minimum absolute atomic E-state index is 0.105. The summed E-state index contributed by atoms with van der Waals surface area (Å²) >= 11 is 0. The zero-order valence-corrected chi connectivity index (χ0v) is 14.0. The van der Waals surface area contributed by atoms with Gasteiger partial charge >= 0.3 is 0 Å². The highest BCUT2D eigenvalue weighted by Gasteiger charge is 2.26. The SMILES string of the molecule is C[C@H](NC(=O)[C@@H]1Cc2ccccc2CN1)C(=O)NC[C@H]1CCCO1. The molecule has 2 amide bonds. The summed E-state index contributed by atoms with van der Waals surface area (Å²) in [5.74, 6) is -0.306. The van der Waals surface area contributed by atoms with E-state index in [0.717, 1.165) is 19.4 Å². The van der Waals surface area contributed by atoms with Crippen molar-refractivity contribution >= 4 is 11.8 Å². The van der Waals surface area contributed by atoms with Crippen molar-refractivity contribution in [2.24, 2.45) is 0 Å². The van der Waals surface area contributed by atoms with Crippen LogP contribution in [0.15, 0.2) is 24.3 Å². The number of nitrogens with one attached hydrogen (secondary N) is 3. The van der Waals surface area contributed by atoms with Gasteiger partial charge in [-0.3, -0.25) is 9.59 Å². The van der Waals surface area contributed by atoms with Gasteiger partial charge in [0.2, 0.25) is 11.8 Å². The first-order valence-electron chi connectivity index (χ1n) is 8.63. The monoisotopic (exact) mass is 331 g/mol. The molecule has 0 spiro atoms. The van der Waals surface area contributed by atoms with E-state index in [-0.39, 0.29) is 24.0 Å². The zero-order valence-electron chi connectivity index (χ0n) is 14.0. The topological polar surface area (TPSA) is 79.5 Å². The average molecular weight is 331 g/mol. The quantitative estimate of drug-likeness (QED) is 0.734. The third-order valence-corrected chi connectivity index (χ3v) is 4.68. The van der Waals surface area contributed by atoms with Gasteiger partial charge in [-0.15, -0.1) is 0 Å². The second-order valence-corrected chi connectivity index (χ2v) is 6.52. The van der Waals surface area contributed by atoms with E-state index in [4.69, 9.17) is 4.74 Å². The van der Waals surface area contributed by atoms with Crippen molar-refractivity contribution in [2.75, 3.05) is 13.2 Å². The molecule has 3 rings (SSSR count). The Morgan fingerprint density at radius 2 is 2.12 bits per heavy atom. The number of benzene rings is 1. The lowest BCUT2D eigenvalue weighted by Crippen LogP contribution is -2.53. The summed E-state index contributed by atoms with van der Waals surface area (Å²) in [4.78, 5) is 24.5. The molecule has 0 aliphatic carbocycles. The molecule has 1 aromatic rings. The van der Waals surface area contributed by atoms with Gasteiger partial charge in [-0.25, -0.2) is 0 Å². The molecule has 0 aromatic heterocycles. The largest absolute Gasteiger partial charge is 0.376 e. The maximum absolute atomic E-state index is 12.4. The number of fused-ring (bicyclic) bond motifs is 1. The molecule has 1 saturated heterocycles. The molecule has 3 atom stereocenters. The smallest absolute Gasteiger partial charge is 0.242 e. The summed E-state index contributed by atoms with van der Waals surface area (Å²) in [6.45, 7) is 3.66. The van der Waals surface area contributed by atoms with E-state index >= 15 is 0 Å². The number of hydrogen-bond acceptors (Lipinski definition) is 4. The second kappa shape index (κ2) is 7.77. The fraction of sp³-hybridized carbons (Fsp3) is 0.556. The molecule has 2 heterocycles. The Balaban J connectivity index is 1.46. The molecule has 2 aliphatic heterocycles. The molecular formula is C18H25N3O3. The van der Waals surface area contributed by atoms with E-state index in [2.05, 4.69) is 22.0 Å². The molecule has 6 heteroatoms. The van der Waals surface area contributed by atoms with Crippen LogP contribution in [0.5, 0.6) is 0 Å². The standard InChI is InChI=1S/C18H25N3O3/c1-12(17(22)20-11-15-7-4-8-24-15)21-18(23)16-9-13-5-2-3-6-14(13)10-19-16/h2-3,5-6,12,15-16,19H,4,7-11H2,1H3,(H,20,22)(H,21,23)/t12-,15+,16-/m0/s1. The van der Waals surface area contributed by atoms with Crippen LogP contribution in [0.2, 0.25) is 0 Å². The van der Waals surface area contributed by atoms with Gasteiger partial charge < -0.3 is 20.7 Å². The Bertz CT molecular complexity index is 599. The maximum Gasteiger partial charge on any atom is 0.242 e. The lowest BCUT2D eigenvalue weighted by molar-refractivity contribution is -0.130. The third-order valence-electron chi connectivity index (χ3n) is 4.68. The van der Waals surface area contributed by atoms with Gasteiger partial charge in [0.15, 0.2) is 0 Å². The first-order valence-corrected chi connectivity index (χ1v) is 8.63. The molecule has 0 bridgehead atoms. The minimum atomic E-state index is -0.558. The molecular weight excluding hydrogens is 306 g/mol. The van der Waals surface area contributed by atoms with E-state index < -0.39 is 6.04 Å². The van der Waals surface area contributed by atoms with E-state index in [9.17, 15) is 9.59 Å². The average Bonchev–Trinajstić information content (AvgIpc) is 3.12. The number of ether oxygens (including phenoxy) is 1. The van der Waals surface area contributed by atoms with Crippen molar-refractivity contribution < 1.29 is 14.3 Å². The van der Waals surface area contributed by atoms with Crippen molar-refractivity contribution in [2.45, 2.75) is 50.9 Å². The predicted octanol–water partition coefficient (Wildman–Crippen LogP) is 0.501. The first kappa shape index (κ1) is 16.9. The second-order valence-electron chi connectivity index (χ2n) is 6.52. The predicted molar refractivity (Wildman–Crippen MR) is 90.4 cm³/mol. The number of carbonyl (C=O) groups excluding carboxylic acids is 2. The van der Waals surface area contributed by atoms with Gasteiger partial charge in [0.05, 0.1) is 12.1 Å². The van der Waals surface area contributed by atoms with Gasteiger partial charge in [0.25, 0.3) is 0 Å². The lowest BCUT2D eigenvalue weighted by atomic mass is 9.95. The van der Waals surface area contributed by atoms with E-state index in [0.29, 0.717) is 19.5 Å². The highest BCUT2D eigenvalue weighted by Crippen LogP contribution is 2.16. The molecule has 0 radical (unpaired) electrons. The van der Waals surface area contributed by atoms with Crippen LogP contribution in [0.1, 0.15) is 30.9 Å². The van der Waals surface area contributed by atoms with Crippen molar-refractivity contribution in [3.8, 4) is 0 Å². The highest BCUT2D eigenvalue weighted by molar-refractivity contribution is 5.89. The fourth-order valence-corrected chi connectivity index (χ4v) is 3.19. The molecule has 3 N–H and O–H groups in total. The lowest BCUT2D eigenvalue weighted by Gasteiger charge is -2.26. The molecule has 0 unspecified atom stereocenters. The highest BCUT2D eigenvalue weighted by atomic mass is 16.5.